The van der Waals surface area contributed by atoms with Gasteiger partial charge in [-0.25, -0.2) is 0 Å². The van der Waals surface area contributed by atoms with E-state index in [4.69, 9.17) is 4.74 Å². The summed E-state index contributed by atoms with van der Waals surface area (Å²) in [7, 11) is 2.63. The summed E-state index contributed by atoms with van der Waals surface area (Å²) in [6, 6.07) is 0. The minimum absolute atomic E-state index is 0.140. The molecule has 0 saturated carbocycles. The molecule has 4 heteroatoms. The molecule has 0 bridgehead atoms. The monoisotopic (exact) mass is 203 g/mol. The van der Waals surface area contributed by atoms with Crippen LogP contribution in [0.4, 0.5) is 0 Å². The van der Waals surface area contributed by atoms with Crippen molar-refractivity contribution in [3.63, 3.8) is 0 Å². The first-order chi connectivity index (χ1) is 5.77. The third kappa shape index (κ3) is 1.87. The third-order valence-electron chi connectivity index (χ3n) is 2.78. The van der Waals surface area contributed by atoms with Crippen LogP contribution in [-0.2, 0) is 9.53 Å². The lowest BCUT2D eigenvalue weighted by molar-refractivity contribution is -0.162. The molecular weight excluding hydrogens is 185 g/mol. The molecule has 0 aliphatic carbocycles. The van der Waals surface area contributed by atoms with Crippen LogP contribution < -0.4 is 5.32 Å². The summed E-state index contributed by atoms with van der Waals surface area (Å²) in [5.41, 5.74) is -0.725. The van der Waals surface area contributed by atoms with Crippen molar-refractivity contribution in [1.29, 1.82) is 0 Å². The van der Waals surface area contributed by atoms with Gasteiger partial charge in [0.15, 0.2) is 0 Å². The predicted octanol–water partition coefficient (Wildman–Crippen LogP) is 1.14. The summed E-state index contributed by atoms with van der Waals surface area (Å²) < 4.78 is 5.11. The number of nitrogens with one attached hydrogen (secondary N) is 1. The molecule has 1 N–H and O–H groups in total. The average Bonchev–Trinajstić information content (AvgIpc) is 1.95. The minimum atomic E-state index is -0.586. The molecule has 0 spiro atoms. The largest absolute Gasteiger partial charge is 0.462 e. The van der Waals surface area contributed by atoms with Gasteiger partial charge < -0.3 is 4.74 Å². The lowest BCUT2D eigenvalue weighted by Crippen LogP contribution is -2.65. The van der Waals surface area contributed by atoms with Crippen molar-refractivity contribution in [2.45, 2.75) is 39.0 Å². The van der Waals surface area contributed by atoms with Gasteiger partial charge in [-0.15, -0.1) is 9.24 Å². The van der Waals surface area contributed by atoms with Crippen molar-refractivity contribution >= 4 is 15.2 Å². The molecule has 13 heavy (non-hydrogen) atoms. The lowest BCUT2D eigenvalue weighted by atomic mass is 9.74. The predicted molar refractivity (Wildman–Crippen MR) is 55.5 cm³/mol. The average molecular weight is 203 g/mol. The fourth-order valence-corrected chi connectivity index (χ4v) is 1.73. The van der Waals surface area contributed by atoms with Crippen LogP contribution in [0.25, 0.3) is 0 Å². The molecule has 1 aliphatic heterocycles. The van der Waals surface area contributed by atoms with Crippen LogP contribution in [0.3, 0.4) is 0 Å². The van der Waals surface area contributed by atoms with Crippen molar-refractivity contribution in [2.75, 3.05) is 6.61 Å². The summed E-state index contributed by atoms with van der Waals surface area (Å²) in [6.07, 6.45) is 0. The van der Waals surface area contributed by atoms with E-state index in [1.807, 2.05) is 27.7 Å². The first-order valence-corrected chi connectivity index (χ1v) is 5.14. The summed E-state index contributed by atoms with van der Waals surface area (Å²) in [6.45, 7) is 8.43. The maximum absolute atomic E-state index is 11.6. The highest BCUT2D eigenvalue weighted by molar-refractivity contribution is 7.17. The molecule has 0 aromatic rings. The van der Waals surface area contributed by atoms with Crippen molar-refractivity contribution in [3.05, 3.63) is 0 Å². The molecule has 1 aliphatic rings. The molecule has 0 aromatic carbocycles. The summed E-state index contributed by atoms with van der Waals surface area (Å²) >= 11 is 0. The van der Waals surface area contributed by atoms with Gasteiger partial charge in [-0.05, 0) is 12.3 Å². The Bertz CT molecular complexity index is 224. The summed E-state index contributed by atoms with van der Waals surface area (Å²) in [5, 5.41) is 3.27. The van der Waals surface area contributed by atoms with Gasteiger partial charge in [0.05, 0.1) is 5.78 Å². The van der Waals surface area contributed by atoms with E-state index in [0.29, 0.717) is 6.61 Å². The molecule has 0 radical (unpaired) electrons. The summed E-state index contributed by atoms with van der Waals surface area (Å²) in [4.78, 5) is 11.6. The number of esters is 1. The number of morpholine rings is 1. The number of cyclic esters (lactones) is 1. The van der Waals surface area contributed by atoms with Gasteiger partial charge in [-0.1, -0.05) is 20.8 Å². The fraction of sp³-hybridized carbons (Fsp3) is 0.889. The number of carbonyl (C=O) groups is 1. The lowest BCUT2D eigenvalue weighted by Gasteiger charge is -2.45. The van der Waals surface area contributed by atoms with E-state index < -0.39 is 5.54 Å². The van der Waals surface area contributed by atoms with Crippen molar-refractivity contribution < 1.29 is 9.53 Å². The van der Waals surface area contributed by atoms with E-state index in [1.54, 1.807) is 0 Å². The van der Waals surface area contributed by atoms with E-state index in [1.165, 1.54) is 0 Å². The van der Waals surface area contributed by atoms with E-state index in [9.17, 15) is 4.79 Å². The standard InChI is InChI=1S/C9H18NO2P/c1-8(2,3)9(4)7(11)12-5-6(13)10-9/h6,10H,5,13H2,1-4H3. The van der Waals surface area contributed by atoms with Gasteiger partial charge >= 0.3 is 5.97 Å². The zero-order valence-electron chi connectivity index (χ0n) is 8.68. The van der Waals surface area contributed by atoms with Crippen molar-refractivity contribution in [1.82, 2.24) is 5.32 Å². The zero-order chi connectivity index (χ0) is 10.3. The van der Waals surface area contributed by atoms with Gasteiger partial charge in [-0.2, -0.15) is 0 Å². The van der Waals surface area contributed by atoms with Crippen LogP contribution in [0, 0.1) is 5.41 Å². The normalized spacial score (nSPS) is 35.8. The molecule has 3 nitrogen and oxygen atoms in total. The van der Waals surface area contributed by atoms with Gasteiger partial charge in [0, 0.05) is 0 Å². The minimum Gasteiger partial charge on any atom is -0.462 e. The molecule has 1 fully saturated rings. The summed E-state index contributed by atoms with van der Waals surface area (Å²) in [5.74, 6) is 0.000579. The van der Waals surface area contributed by atoms with Crippen LogP contribution in [0.1, 0.15) is 27.7 Å². The Morgan fingerprint density at radius 1 is 1.62 bits per heavy atom. The van der Waals surface area contributed by atoms with Crippen LogP contribution in [0.5, 0.6) is 0 Å². The Labute approximate surface area is 81.8 Å². The highest BCUT2D eigenvalue weighted by Crippen LogP contribution is 2.34. The van der Waals surface area contributed by atoms with Crippen LogP contribution in [0.15, 0.2) is 0 Å². The fourth-order valence-electron chi connectivity index (χ4n) is 1.30. The molecule has 3 atom stereocenters. The van der Waals surface area contributed by atoms with E-state index in [0.717, 1.165) is 0 Å². The van der Waals surface area contributed by atoms with E-state index in [-0.39, 0.29) is 17.2 Å². The smallest absolute Gasteiger partial charge is 0.326 e. The molecule has 76 valence electrons. The topological polar surface area (TPSA) is 38.3 Å². The number of hydrogen-bond donors (Lipinski definition) is 1. The van der Waals surface area contributed by atoms with Gasteiger partial charge in [0.1, 0.15) is 12.1 Å². The highest BCUT2D eigenvalue weighted by Gasteiger charge is 2.48. The maximum atomic E-state index is 11.6. The van der Waals surface area contributed by atoms with Crippen molar-refractivity contribution in [3.8, 4) is 0 Å². The number of carbonyl (C=O) groups excluding carboxylic acids is 1. The molecule has 1 heterocycles. The third-order valence-corrected chi connectivity index (χ3v) is 3.14. The second-order valence-electron chi connectivity index (χ2n) is 4.72. The SMILES string of the molecule is CC(C)(C)C1(C)NC(P)COC1=O. The number of hydrogen-bond acceptors (Lipinski definition) is 3. The first kappa shape index (κ1) is 10.9. The van der Waals surface area contributed by atoms with E-state index in [2.05, 4.69) is 14.6 Å². The maximum Gasteiger partial charge on any atom is 0.326 e. The van der Waals surface area contributed by atoms with Gasteiger partial charge in [0.25, 0.3) is 0 Å². The zero-order valence-corrected chi connectivity index (χ0v) is 9.83. The number of rotatable bonds is 0. The first-order valence-electron chi connectivity index (χ1n) is 4.48. The molecule has 1 rings (SSSR count). The van der Waals surface area contributed by atoms with Crippen LogP contribution in [0.2, 0.25) is 0 Å². The molecule has 0 aromatic heterocycles. The Balaban J connectivity index is 2.92. The second kappa shape index (κ2) is 3.21. The molecule has 1 saturated heterocycles. The second-order valence-corrected chi connectivity index (χ2v) is 5.53. The quantitative estimate of drug-likeness (QED) is 0.474. The Kier molecular flexibility index (Phi) is 2.70. The molecule has 0 amide bonds. The van der Waals surface area contributed by atoms with Crippen LogP contribution >= 0.6 is 9.24 Å². The number of ether oxygens (including phenoxy) is 1. The highest BCUT2D eigenvalue weighted by atomic mass is 31.0. The Morgan fingerprint density at radius 2 is 2.15 bits per heavy atom. The molecular formula is C9H18NO2P. The Hall–Kier alpha value is -0.140. The van der Waals surface area contributed by atoms with E-state index >= 15 is 0 Å². The van der Waals surface area contributed by atoms with Gasteiger partial charge in [-0.3, -0.25) is 10.1 Å². The molecule has 3 unspecified atom stereocenters. The van der Waals surface area contributed by atoms with Crippen molar-refractivity contribution in [2.24, 2.45) is 5.41 Å². The van der Waals surface area contributed by atoms with Crippen LogP contribution in [-0.4, -0.2) is 23.9 Å². The van der Waals surface area contributed by atoms with Gasteiger partial charge in [0.2, 0.25) is 0 Å². The Morgan fingerprint density at radius 3 is 2.54 bits per heavy atom.